The minimum absolute atomic E-state index is 0.0127. The van der Waals surface area contributed by atoms with Gasteiger partial charge in [-0.2, -0.15) is 0 Å². The van der Waals surface area contributed by atoms with E-state index in [4.69, 9.17) is 14.5 Å². The van der Waals surface area contributed by atoms with Crippen LogP contribution in [0.2, 0.25) is 0 Å². The van der Waals surface area contributed by atoms with Crippen LogP contribution in [0, 0.1) is 6.92 Å². The predicted molar refractivity (Wildman–Crippen MR) is 162 cm³/mol. The van der Waals surface area contributed by atoms with Crippen LogP contribution in [0.1, 0.15) is 28.7 Å². The Labute approximate surface area is 244 Å². The highest BCUT2D eigenvalue weighted by Gasteiger charge is 2.25. The lowest BCUT2D eigenvalue weighted by molar-refractivity contribution is -0.129. The van der Waals surface area contributed by atoms with Crippen molar-refractivity contribution in [2.45, 2.75) is 20.3 Å². The number of ketones is 1. The Balaban J connectivity index is 1.33. The monoisotopic (exact) mass is 566 g/mol. The Morgan fingerprint density at radius 3 is 2.45 bits per heavy atom. The van der Waals surface area contributed by atoms with Crippen molar-refractivity contribution < 1.29 is 19.1 Å². The van der Waals surface area contributed by atoms with E-state index in [1.165, 1.54) is 0 Å². The second-order valence-electron chi connectivity index (χ2n) is 10.6. The summed E-state index contributed by atoms with van der Waals surface area (Å²) in [4.78, 5) is 39.1. The van der Waals surface area contributed by atoms with Crippen LogP contribution in [0.4, 0.5) is 5.95 Å². The summed E-state index contributed by atoms with van der Waals surface area (Å²) < 4.78 is 15.3. The number of carbonyl (C=O) groups excluding carboxylic acids is 2. The third kappa shape index (κ3) is 4.62. The van der Waals surface area contributed by atoms with E-state index in [-0.39, 0.29) is 18.1 Å². The maximum absolute atomic E-state index is 13.5. The molecule has 0 aliphatic carbocycles. The van der Waals surface area contributed by atoms with E-state index < -0.39 is 0 Å². The Morgan fingerprint density at radius 2 is 1.74 bits per heavy atom. The average Bonchev–Trinajstić information content (AvgIpc) is 3.56. The molecule has 216 valence electrons. The number of ether oxygens (including phenoxy) is 2. The SMILES string of the molecule is COc1cc(-c2nc(N3CCN(C(C)=O)CC3)n3ccnc(C)c23)ccc1CC(=O)c1cc2c(OC)cccc2n1C. The number of anilines is 1. The molecule has 6 rings (SSSR count). The lowest BCUT2D eigenvalue weighted by Gasteiger charge is -2.34. The molecular weight excluding hydrogens is 532 g/mol. The molecule has 0 bridgehead atoms. The first-order chi connectivity index (χ1) is 20.3. The van der Waals surface area contributed by atoms with Crippen LogP contribution in [0.25, 0.3) is 27.7 Å². The molecule has 10 heteroatoms. The van der Waals surface area contributed by atoms with Crippen molar-refractivity contribution in [3.63, 3.8) is 0 Å². The molecule has 0 N–H and O–H groups in total. The van der Waals surface area contributed by atoms with Crippen LogP contribution in [0.3, 0.4) is 0 Å². The van der Waals surface area contributed by atoms with Crippen molar-refractivity contribution in [3.05, 3.63) is 71.8 Å². The van der Waals surface area contributed by atoms with E-state index in [2.05, 4.69) is 14.3 Å². The number of nitrogens with zero attached hydrogens (tertiary/aromatic N) is 6. The zero-order valence-electron chi connectivity index (χ0n) is 24.5. The maximum Gasteiger partial charge on any atom is 0.219 e. The molecule has 0 unspecified atom stereocenters. The summed E-state index contributed by atoms with van der Waals surface area (Å²) in [5.41, 5.74) is 5.78. The van der Waals surface area contributed by atoms with Crippen molar-refractivity contribution >= 4 is 34.1 Å². The molecule has 1 saturated heterocycles. The van der Waals surface area contributed by atoms with Gasteiger partial charge in [-0.25, -0.2) is 4.98 Å². The quantitative estimate of drug-likeness (QED) is 0.271. The second kappa shape index (κ2) is 10.8. The van der Waals surface area contributed by atoms with Gasteiger partial charge in [0.15, 0.2) is 5.78 Å². The Hall–Kier alpha value is -4.86. The summed E-state index contributed by atoms with van der Waals surface area (Å²) in [6.07, 6.45) is 3.89. The minimum Gasteiger partial charge on any atom is -0.496 e. The van der Waals surface area contributed by atoms with E-state index in [0.717, 1.165) is 50.6 Å². The number of aromatic nitrogens is 4. The van der Waals surface area contributed by atoms with Gasteiger partial charge in [0.05, 0.1) is 36.6 Å². The van der Waals surface area contributed by atoms with E-state index >= 15 is 0 Å². The minimum atomic E-state index is -0.0127. The van der Waals surface area contributed by atoms with Crippen LogP contribution in [0.5, 0.6) is 11.5 Å². The molecule has 5 aromatic rings. The van der Waals surface area contributed by atoms with Crippen LogP contribution < -0.4 is 14.4 Å². The summed E-state index contributed by atoms with van der Waals surface area (Å²) in [7, 11) is 5.15. The number of fused-ring (bicyclic) bond motifs is 2. The maximum atomic E-state index is 13.5. The molecular formula is C32H34N6O4. The van der Waals surface area contributed by atoms with E-state index in [1.807, 2.05) is 72.1 Å². The molecule has 1 aliphatic rings. The van der Waals surface area contributed by atoms with Crippen molar-refractivity contribution in [3.8, 4) is 22.8 Å². The number of methoxy groups -OCH3 is 2. The van der Waals surface area contributed by atoms with E-state index in [0.29, 0.717) is 37.6 Å². The van der Waals surface area contributed by atoms with E-state index in [9.17, 15) is 9.59 Å². The molecule has 42 heavy (non-hydrogen) atoms. The summed E-state index contributed by atoms with van der Waals surface area (Å²) in [5, 5.41) is 0.905. The van der Waals surface area contributed by atoms with Crippen molar-refractivity contribution in [2.75, 3.05) is 45.3 Å². The van der Waals surface area contributed by atoms with Crippen molar-refractivity contribution in [1.82, 2.24) is 23.8 Å². The summed E-state index contributed by atoms with van der Waals surface area (Å²) in [6, 6.07) is 13.6. The molecule has 1 aliphatic heterocycles. The smallest absolute Gasteiger partial charge is 0.219 e. The summed E-state index contributed by atoms with van der Waals surface area (Å²) in [6.45, 7) is 6.29. The molecule has 0 spiro atoms. The van der Waals surface area contributed by atoms with Gasteiger partial charge >= 0.3 is 0 Å². The van der Waals surface area contributed by atoms with Crippen molar-refractivity contribution in [2.24, 2.45) is 7.05 Å². The van der Waals surface area contributed by atoms with Gasteiger partial charge in [-0.15, -0.1) is 0 Å². The fourth-order valence-corrected chi connectivity index (χ4v) is 5.91. The summed E-state index contributed by atoms with van der Waals surface area (Å²) >= 11 is 0. The predicted octanol–water partition coefficient (Wildman–Crippen LogP) is 4.31. The third-order valence-corrected chi connectivity index (χ3v) is 8.19. The third-order valence-electron chi connectivity index (χ3n) is 8.19. The Bertz CT molecular complexity index is 1830. The molecule has 1 amide bonds. The zero-order chi connectivity index (χ0) is 29.5. The van der Waals surface area contributed by atoms with Gasteiger partial charge in [-0.05, 0) is 31.2 Å². The molecule has 0 atom stereocenters. The first kappa shape index (κ1) is 27.3. The summed E-state index contributed by atoms with van der Waals surface area (Å²) in [5.74, 6) is 2.26. The molecule has 3 aromatic heterocycles. The number of rotatable bonds is 7. The molecule has 2 aromatic carbocycles. The molecule has 0 saturated carbocycles. The standard InChI is InChI=1S/C32H34N6O4/c1-20-31-30(34-32(38(31)12-11-33-20)37-15-13-36(14-16-37)21(2)39)23-10-9-22(29(18-23)42-5)17-27(40)26-19-24-25(35(26)3)7-6-8-28(24)41-4/h6-12,18-19H,13-17H2,1-5H3. The highest BCUT2D eigenvalue weighted by atomic mass is 16.5. The van der Waals surface area contributed by atoms with Crippen LogP contribution in [-0.2, 0) is 18.3 Å². The van der Waals surface area contributed by atoms with Gasteiger partial charge in [0.25, 0.3) is 0 Å². The second-order valence-corrected chi connectivity index (χ2v) is 10.6. The van der Waals surface area contributed by atoms with Gasteiger partial charge in [-0.1, -0.05) is 18.2 Å². The van der Waals surface area contributed by atoms with Gasteiger partial charge in [0.2, 0.25) is 11.9 Å². The number of hydrogen-bond donors (Lipinski definition) is 0. The average molecular weight is 567 g/mol. The fraction of sp³-hybridized carbons (Fsp3) is 0.312. The number of hydrogen-bond acceptors (Lipinski definition) is 7. The van der Waals surface area contributed by atoms with E-state index in [1.54, 1.807) is 27.3 Å². The molecule has 4 heterocycles. The van der Waals surface area contributed by atoms with Crippen molar-refractivity contribution in [1.29, 1.82) is 0 Å². The van der Waals surface area contributed by atoms with Gasteiger partial charge in [-0.3, -0.25) is 19.0 Å². The number of amides is 1. The number of Topliss-reactive ketones (excluding diaryl/α,β-unsaturated/α-hetero) is 1. The highest BCUT2D eigenvalue weighted by molar-refractivity contribution is 6.02. The van der Waals surface area contributed by atoms with Crippen LogP contribution in [-0.4, -0.2) is 75.9 Å². The topological polar surface area (TPSA) is 94.2 Å². The number of imidazole rings is 1. The van der Waals surface area contributed by atoms with Gasteiger partial charge < -0.3 is 23.8 Å². The lowest BCUT2D eigenvalue weighted by atomic mass is 10.0. The number of aryl methyl sites for hydroxylation is 2. The largest absolute Gasteiger partial charge is 0.496 e. The number of piperazine rings is 1. The van der Waals surface area contributed by atoms with Gasteiger partial charge in [0.1, 0.15) is 17.2 Å². The fourth-order valence-electron chi connectivity index (χ4n) is 5.91. The van der Waals surface area contributed by atoms with Crippen LogP contribution >= 0.6 is 0 Å². The normalized spacial score (nSPS) is 13.6. The Morgan fingerprint density at radius 1 is 0.976 bits per heavy atom. The first-order valence-electron chi connectivity index (χ1n) is 14.0. The Kier molecular flexibility index (Phi) is 7.06. The molecule has 10 nitrogen and oxygen atoms in total. The van der Waals surface area contributed by atoms with Gasteiger partial charge in [0, 0.05) is 75.5 Å². The molecule has 1 fully saturated rings. The molecule has 0 radical (unpaired) electrons. The highest BCUT2D eigenvalue weighted by Crippen LogP contribution is 2.35. The number of carbonyl (C=O) groups is 2. The first-order valence-corrected chi connectivity index (χ1v) is 14.0. The zero-order valence-corrected chi connectivity index (χ0v) is 24.5. The lowest BCUT2D eigenvalue weighted by Crippen LogP contribution is -2.48. The van der Waals surface area contributed by atoms with Crippen LogP contribution in [0.15, 0.2) is 54.9 Å². The number of benzene rings is 2.